The summed E-state index contributed by atoms with van der Waals surface area (Å²) < 4.78 is 25.0. The Kier molecular flexibility index (Phi) is 2.87. The summed E-state index contributed by atoms with van der Waals surface area (Å²) in [5, 5.41) is 10.3. The average Bonchev–Trinajstić information content (AvgIpc) is 2.56. The number of nitrogens with zero attached hydrogens (tertiary/aromatic N) is 1. The number of hydrogen-bond acceptors (Lipinski definition) is 3. The fourth-order valence-corrected chi connectivity index (χ4v) is 2.77. The summed E-state index contributed by atoms with van der Waals surface area (Å²) in [6.07, 6.45) is 0. The van der Waals surface area contributed by atoms with E-state index in [2.05, 4.69) is 0 Å². The summed E-state index contributed by atoms with van der Waals surface area (Å²) in [6, 6.07) is 6.87. The lowest BCUT2D eigenvalue weighted by Gasteiger charge is -2.04. The van der Waals surface area contributed by atoms with Gasteiger partial charge in [0.1, 0.15) is 5.75 Å². The lowest BCUT2D eigenvalue weighted by atomic mass is 10.2. The van der Waals surface area contributed by atoms with Crippen molar-refractivity contribution in [1.82, 2.24) is 4.57 Å². The van der Waals surface area contributed by atoms with Gasteiger partial charge in [0.2, 0.25) is 0 Å². The van der Waals surface area contributed by atoms with Crippen LogP contribution in [-0.4, -0.2) is 23.8 Å². The first-order chi connectivity index (χ1) is 7.93. The predicted molar refractivity (Wildman–Crippen MR) is 67.7 cm³/mol. The van der Waals surface area contributed by atoms with Crippen molar-refractivity contribution in [3.63, 3.8) is 0 Å². The molecule has 1 N–H and O–H groups in total. The van der Waals surface area contributed by atoms with Gasteiger partial charge in [0.15, 0.2) is 9.84 Å². The number of sulfone groups is 1. The summed E-state index contributed by atoms with van der Waals surface area (Å²) in [7, 11) is -1.23. The molecule has 0 aliphatic heterocycles. The molecule has 2 aromatic rings. The number of aromatic hydroxyl groups is 1. The number of benzene rings is 1. The van der Waals surface area contributed by atoms with Gasteiger partial charge >= 0.3 is 0 Å². The second-order valence-electron chi connectivity index (χ2n) is 4.11. The molecule has 0 unspecified atom stereocenters. The van der Waals surface area contributed by atoms with Gasteiger partial charge in [-0.3, -0.25) is 0 Å². The predicted octanol–water partition coefficient (Wildman–Crippen LogP) is 1.82. The van der Waals surface area contributed by atoms with Crippen molar-refractivity contribution >= 4 is 20.7 Å². The fraction of sp³-hybridized carbons (Fsp3) is 0.333. The number of hydrogen-bond donors (Lipinski definition) is 1. The highest BCUT2D eigenvalue weighted by atomic mass is 32.2. The topological polar surface area (TPSA) is 59.3 Å². The third kappa shape index (κ3) is 2.29. The molecule has 1 aromatic heterocycles. The molecule has 0 saturated heterocycles. The highest BCUT2D eigenvalue weighted by Gasteiger charge is 2.13. The zero-order chi connectivity index (χ0) is 12.6. The molecule has 0 fully saturated rings. The van der Waals surface area contributed by atoms with E-state index in [9.17, 15) is 13.5 Å². The molecular weight excluding hydrogens is 238 g/mol. The normalized spacial score (nSPS) is 12.1. The standard InChI is InChI=1S/C12H15NO3S/c1-3-17(15,16)8-10-6-9-4-5-11(14)7-12(9)13(10)2/h4-7,14H,3,8H2,1-2H3. The molecule has 0 radical (unpaired) electrons. The number of rotatable bonds is 3. The van der Waals surface area contributed by atoms with E-state index in [1.54, 1.807) is 25.1 Å². The lowest BCUT2D eigenvalue weighted by molar-refractivity contribution is 0.476. The SMILES string of the molecule is CCS(=O)(=O)Cc1cc2ccc(O)cc2n1C. The van der Waals surface area contributed by atoms with Gasteiger partial charge in [0.05, 0.1) is 11.3 Å². The van der Waals surface area contributed by atoms with Crippen LogP contribution in [0.5, 0.6) is 5.75 Å². The molecule has 0 saturated carbocycles. The van der Waals surface area contributed by atoms with Crippen molar-refractivity contribution in [2.75, 3.05) is 5.75 Å². The summed E-state index contributed by atoms with van der Waals surface area (Å²) in [4.78, 5) is 0. The van der Waals surface area contributed by atoms with E-state index in [1.807, 2.05) is 17.7 Å². The largest absolute Gasteiger partial charge is 0.508 e. The molecule has 1 heterocycles. The Hall–Kier alpha value is -1.49. The van der Waals surface area contributed by atoms with E-state index < -0.39 is 9.84 Å². The van der Waals surface area contributed by atoms with Crippen LogP contribution in [0.3, 0.4) is 0 Å². The quantitative estimate of drug-likeness (QED) is 0.907. The smallest absolute Gasteiger partial charge is 0.155 e. The number of aromatic nitrogens is 1. The molecule has 0 aliphatic rings. The minimum absolute atomic E-state index is 0.0371. The van der Waals surface area contributed by atoms with Gasteiger partial charge in [-0.25, -0.2) is 8.42 Å². The molecule has 0 spiro atoms. The molecule has 17 heavy (non-hydrogen) atoms. The third-order valence-corrected chi connectivity index (χ3v) is 4.55. The second kappa shape index (κ2) is 4.07. The Bertz CT molecular complexity index is 656. The van der Waals surface area contributed by atoms with Crippen LogP contribution >= 0.6 is 0 Å². The Balaban J connectivity index is 2.53. The van der Waals surface area contributed by atoms with Gasteiger partial charge in [0, 0.05) is 29.9 Å². The first-order valence-corrected chi connectivity index (χ1v) is 7.23. The van der Waals surface area contributed by atoms with Crippen LogP contribution < -0.4 is 0 Å². The third-order valence-electron chi connectivity index (χ3n) is 2.94. The van der Waals surface area contributed by atoms with Crippen LogP contribution in [0.2, 0.25) is 0 Å². The zero-order valence-corrected chi connectivity index (χ0v) is 10.7. The monoisotopic (exact) mass is 253 g/mol. The fourth-order valence-electron chi connectivity index (χ4n) is 1.84. The molecule has 0 bridgehead atoms. The molecule has 0 atom stereocenters. The van der Waals surface area contributed by atoms with Crippen molar-refractivity contribution in [2.24, 2.45) is 7.05 Å². The van der Waals surface area contributed by atoms with E-state index in [1.165, 1.54) is 0 Å². The Morgan fingerprint density at radius 1 is 1.29 bits per heavy atom. The average molecular weight is 253 g/mol. The Morgan fingerprint density at radius 2 is 2.00 bits per heavy atom. The molecule has 92 valence electrons. The van der Waals surface area contributed by atoms with Crippen LogP contribution in [0.4, 0.5) is 0 Å². The van der Waals surface area contributed by atoms with Crippen LogP contribution in [0.15, 0.2) is 24.3 Å². The highest BCUT2D eigenvalue weighted by Crippen LogP contribution is 2.24. The molecular formula is C12H15NO3S. The number of phenols is 1. The molecule has 1 aromatic carbocycles. The van der Waals surface area contributed by atoms with Crippen molar-refractivity contribution in [3.8, 4) is 5.75 Å². The van der Waals surface area contributed by atoms with Crippen LogP contribution in [0.25, 0.3) is 10.9 Å². The Morgan fingerprint density at radius 3 is 2.65 bits per heavy atom. The zero-order valence-electron chi connectivity index (χ0n) is 9.84. The van der Waals surface area contributed by atoms with Crippen molar-refractivity contribution in [2.45, 2.75) is 12.7 Å². The van der Waals surface area contributed by atoms with Crippen molar-refractivity contribution < 1.29 is 13.5 Å². The maximum atomic E-state index is 11.6. The molecule has 4 nitrogen and oxygen atoms in total. The first kappa shape index (κ1) is 12.0. The molecule has 0 amide bonds. The molecule has 0 aliphatic carbocycles. The number of phenolic OH excluding ortho intramolecular Hbond substituents is 1. The maximum absolute atomic E-state index is 11.6. The summed E-state index contributed by atoms with van der Waals surface area (Å²) in [5.41, 5.74) is 1.58. The van der Waals surface area contributed by atoms with Crippen LogP contribution in [-0.2, 0) is 22.6 Å². The minimum Gasteiger partial charge on any atom is -0.508 e. The second-order valence-corrected chi connectivity index (χ2v) is 6.47. The van der Waals surface area contributed by atoms with Gasteiger partial charge < -0.3 is 9.67 Å². The van der Waals surface area contributed by atoms with Crippen molar-refractivity contribution in [3.05, 3.63) is 30.0 Å². The van der Waals surface area contributed by atoms with E-state index in [-0.39, 0.29) is 17.3 Å². The minimum atomic E-state index is -3.04. The highest BCUT2D eigenvalue weighted by molar-refractivity contribution is 7.90. The summed E-state index contributed by atoms with van der Waals surface area (Å²) in [5.74, 6) is 0.360. The van der Waals surface area contributed by atoms with Crippen LogP contribution in [0, 0.1) is 0 Å². The number of aryl methyl sites for hydroxylation is 1. The van der Waals surface area contributed by atoms with Gasteiger partial charge in [-0.1, -0.05) is 6.92 Å². The van der Waals surface area contributed by atoms with Crippen molar-refractivity contribution in [1.29, 1.82) is 0 Å². The van der Waals surface area contributed by atoms with E-state index in [4.69, 9.17) is 0 Å². The van der Waals surface area contributed by atoms with E-state index in [0.29, 0.717) is 0 Å². The van der Waals surface area contributed by atoms with Gasteiger partial charge in [0.25, 0.3) is 0 Å². The molecule has 5 heteroatoms. The van der Waals surface area contributed by atoms with E-state index >= 15 is 0 Å². The summed E-state index contributed by atoms with van der Waals surface area (Å²) >= 11 is 0. The van der Waals surface area contributed by atoms with Gasteiger partial charge in [-0.15, -0.1) is 0 Å². The van der Waals surface area contributed by atoms with Crippen LogP contribution in [0.1, 0.15) is 12.6 Å². The molecule has 2 rings (SSSR count). The Labute approximate surface area is 100 Å². The van der Waals surface area contributed by atoms with E-state index in [0.717, 1.165) is 16.6 Å². The lowest BCUT2D eigenvalue weighted by Crippen LogP contribution is -2.09. The maximum Gasteiger partial charge on any atom is 0.155 e. The summed E-state index contributed by atoms with van der Waals surface area (Å²) in [6.45, 7) is 1.64. The number of fused-ring (bicyclic) bond motifs is 1. The first-order valence-electron chi connectivity index (χ1n) is 5.40. The van der Waals surface area contributed by atoms with Gasteiger partial charge in [-0.05, 0) is 18.2 Å². The van der Waals surface area contributed by atoms with Gasteiger partial charge in [-0.2, -0.15) is 0 Å².